The molecule has 4 rings (SSSR count). The molecule has 0 unspecified atom stereocenters. The van der Waals surface area contributed by atoms with Crippen LogP contribution in [0.2, 0.25) is 0 Å². The van der Waals surface area contributed by atoms with Gasteiger partial charge in [0.05, 0.1) is 0 Å². The third-order valence-corrected chi connectivity index (χ3v) is 4.59. The molecule has 7 nitrogen and oxygen atoms in total. The number of aromatic nitrogens is 4. The number of hydrogen-bond acceptors (Lipinski definition) is 5. The van der Waals surface area contributed by atoms with Gasteiger partial charge in [-0.1, -0.05) is 18.2 Å². The van der Waals surface area contributed by atoms with Crippen molar-refractivity contribution >= 4 is 23.2 Å². The van der Waals surface area contributed by atoms with Gasteiger partial charge in [-0.3, -0.25) is 4.79 Å². The molecule has 0 atom stereocenters. The van der Waals surface area contributed by atoms with Crippen molar-refractivity contribution < 1.29 is 4.79 Å². The zero-order chi connectivity index (χ0) is 17.2. The van der Waals surface area contributed by atoms with E-state index in [4.69, 9.17) is 0 Å². The van der Waals surface area contributed by atoms with Gasteiger partial charge in [0.2, 0.25) is 5.91 Å². The number of carbonyl (C=O) groups excluding carboxylic acids is 1. The average Bonchev–Trinajstić information content (AvgIpc) is 3.10. The minimum Gasteiger partial charge on any atom is -0.356 e. The molecule has 0 bridgehead atoms. The SMILES string of the molecule is Cc1cc(N2CCC(C(=O)Nc3ccccc3)CC2)n2ncnc2n1. The van der Waals surface area contributed by atoms with Gasteiger partial charge in [0, 0.05) is 36.5 Å². The molecule has 128 valence electrons. The lowest BCUT2D eigenvalue weighted by molar-refractivity contribution is -0.120. The summed E-state index contributed by atoms with van der Waals surface area (Å²) in [6, 6.07) is 11.6. The van der Waals surface area contributed by atoms with Gasteiger partial charge in [-0.05, 0) is 31.9 Å². The number of nitrogens with one attached hydrogen (secondary N) is 1. The topological polar surface area (TPSA) is 75.4 Å². The highest BCUT2D eigenvalue weighted by Crippen LogP contribution is 2.24. The zero-order valence-corrected chi connectivity index (χ0v) is 14.1. The Morgan fingerprint density at radius 1 is 1.20 bits per heavy atom. The van der Waals surface area contributed by atoms with Crippen molar-refractivity contribution in [2.24, 2.45) is 5.92 Å². The van der Waals surface area contributed by atoms with Crippen LogP contribution >= 0.6 is 0 Å². The molecule has 1 aliphatic rings. The maximum atomic E-state index is 12.5. The number of hydrogen-bond donors (Lipinski definition) is 1. The van der Waals surface area contributed by atoms with Gasteiger partial charge in [-0.2, -0.15) is 14.6 Å². The molecule has 1 amide bonds. The normalized spacial score (nSPS) is 15.5. The van der Waals surface area contributed by atoms with Crippen LogP contribution in [0.3, 0.4) is 0 Å². The summed E-state index contributed by atoms with van der Waals surface area (Å²) in [4.78, 5) is 23.3. The van der Waals surface area contributed by atoms with E-state index in [2.05, 4.69) is 25.3 Å². The monoisotopic (exact) mass is 336 g/mol. The van der Waals surface area contributed by atoms with Crippen LogP contribution in [-0.2, 0) is 4.79 Å². The zero-order valence-electron chi connectivity index (χ0n) is 14.1. The number of piperidine rings is 1. The molecular weight excluding hydrogens is 316 g/mol. The molecule has 0 spiro atoms. The highest BCUT2D eigenvalue weighted by molar-refractivity contribution is 5.92. The molecular formula is C18H20N6O. The fourth-order valence-electron chi connectivity index (χ4n) is 3.27. The van der Waals surface area contributed by atoms with Gasteiger partial charge >= 0.3 is 0 Å². The largest absolute Gasteiger partial charge is 0.356 e. The fraction of sp³-hybridized carbons (Fsp3) is 0.333. The van der Waals surface area contributed by atoms with Gasteiger partial charge in [0.1, 0.15) is 12.1 Å². The van der Waals surface area contributed by atoms with E-state index < -0.39 is 0 Å². The Labute approximate surface area is 145 Å². The van der Waals surface area contributed by atoms with Crippen molar-refractivity contribution in [2.45, 2.75) is 19.8 Å². The third kappa shape index (κ3) is 3.17. The van der Waals surface area contributed by atoms with Crippen LogP contribution in [0.4, 0.5) is 11.5 Å². The molecule has 2 aromatic heterocycles. The van der Waals surface area contributed by atoms with Gasteiger partial charge in [-0.25, -0.2) is 4.98 Å². The number of aryl methyl sites for hydroxylation is 1. The van der Waals surface area contributed by atoms with Crippen LogP contribution in [0.25, 0.3) is 5.78 Å². The Hall–Kier alpha value is -2.96. The molecule has 7 heteroatoms. The Morgan fingerprint density at radius 3 is 2.72 bits per heavy atom. The average molecular weight is 336 g/mol. The first-order valence-corrected chi connectivity index (χ1v) is 8.49. The molecule has 1 saturated heterocycles. The summed E-state index contributed by atoms with van der Waals surface area (Å²) in [5.41, 5.74) is 1.77. The molecule has 1 fully saturated rings. The number of para-hydroxylation sites is 1. The van der Waals surface area contributed by atoms with Crippen molar-refractivity contribution in [1.29, 1.82) is 0 Å². The van der Waals surface area contributed by atoms with Gasteiger partial charge in [-0.15, -0.1) is 0 Å². The smallest absolute Gasteiger partial charge is 0.254 e. The predicted octanol–water partition coefficient (Wildman–Crippen LogP) is 2.29. The predicted molar refractivity (Wildman–Crippen MR) is 95.5 cm³/mol. The maximum Gasteiger partial charge on any atom is 0.254 e. The van der Waals surface area contributed by atoms with E-state index in [1.807, 2.05) is 43.3 Å². The van der Waals surface area contributed by atoms with Crippen molar-refractivity contribution in [3.05, 3.63) is 48.4 Å². The summed E-state index contributed by atoms with van der Waals surface area (Å²) in [7, 11) is 0. The second-order valence-corrected chi connectivity index (χ2v) is 6.34. The van der Waals surface area contributed by atoms with Crippen LogP contribution in [0, 0.1) is 12.8 Å². The van der Waals surface area contributed by atoms with E-state index in [9.17, 15) is 4.79 Å². The molecule has 3 aromatic rings. The molecule has 1 aliphatic heterocycles. The summed E-state index contributed by atoms with van der Waals surface area (Å²) >= 11 is 0. The number of nitrogens with zero attached hydrogens (tertiary/aromatic N) is 5. The first-order chi connectivity index (χ1) is 12.2. The lowest BCUT2D eigenvalue weighted by Crippen LogP contribution is -2.39. The second kappa shape index (κ2) is 6.51. The quantitative estimate of drug-likeness (QED) is 0.794. The van der Waals surface area contributed by atoms with Crippen molar-refractivity contribution in [3.8, 4) is 0 Å². The van der Waals surface area contributed by atoms with E-state index in [0.29, 0.717) is 5.78 Å². The Morgan fingerprint density at radius 2 is 1.96 bits per heavy atom. The van der Waals surface area contributed by atoms with Crippen molar-refractivity contribution in [1.82, 2.24) is 19.6 Å². The molecule has 1 aromatic carbocycles. The van der Waals surface area contributed by atoms with E-state index >= 15 is 0 Å². The summed E-state index contributed by atoms with van der Waals surface area (Å²) < 4.78 is 1.76. The van der Waals surface area contributed by atoms with Crippen LogP contribution in [0.15, 0.2) is 42.7 Å². The second-order valence-electron chi connectivity index (χ2n) is 6.34. The maximum absolute atomic E-state index is 12.5. The summed E-state index contributed by atoms with van der Waals surface area (Å²) in [5.74, 6) is 1.73. The Kier molecular flexibility index (Phi) is 4.05. The molecule has 0 saturated carbocycles. The summed E-state index contributed by atoms with van der Waals surface area (Å²) in [6.45, 7) is 3.58. The Bertz CT molecular complexity index is 883. The highest BCUT2D eigenvalue weighted by Gasteiger charge is 2.26. The minimum absolute atomic E-state index is 0.0330. The van der Waals surface area contributed by atoms with Crippen LogP contribution in [-0.4, -0.2) is 38.6 Å². The number of amides is 1. The van der Waals surface area contributed by atoms with Gasteiger partial charge in [0.15, 0.2) is 0 Å². The van der Waals surface area contributed by atoms with Crippen LogP contribution in [0.5, 0.6) is 0 Å². The number of anilines is 2. The molecule has 3 heterocycles. The third-order valence-electron chi connectivity index (χ3n) is 4.59. The lowest BCUT2D eigenvalue weighted by atomic mass is 9.95. The Balaban J connectivity index is 1.44. The highest BCUT2D eigenvalue weighted by atomic mass is 16.1. The number of benzene rings is 1. The minimum atomic E-state index is 0.0330. The van der Waals surface area contributed by atoms with Crippen LogP contribution < -0.4 is 10.2 Å². The standard InChI is InChI=1S/C18H20N6O/c1-13-11-16(24-18(21-13)19-12-20-24)23-9-7-14(8-10-23)17(25)22-15-5-3-2-4-6-15/h2-6,11-12,14H,7-10H2,1H3,(H,22,25). The molecule has 0 aliphatic carbocycles. The molecule has 25 heavy (non-hydrogen) atoms. The van der Waals surface area contributed by atoms with E-state index in [1.165, 1.54) is 6.33 Å². The molecule has 0 radical (unpaired) electrons. The fourth-order valence-corrected chi connectivity index (χ4v) is 3.27. The van der Waals surface area contributed by atoms with Crippen LogP contribution in [0.1, 0.15) is 18.5 Å². The summed E-state index contributed by atoms with van der Waals surface area (Å²) in [6.07, 6.45) is 3.15. The number of carbonyl (C=O) groups is 1. The molecule has 1 N–H and O–H groups in total. The van der Waals surface area contributed by atoms with Gasteiger partial charge < -0.3 is 10.2 Å². The lowest BCUT2D eigenvalue weighted by Gasteiger charge is -2.32. The summed E-state index contributed by atoms with van der Waals surface area (Å²) in [5, 5.41) is 7.27. The van der Waals surface area contributed by atoms with Crippen molar-refractivity contribution in [2.75, 3.05) is 23.3 Å². The van der Waals surface area contributed by atoms with Crippen molar-refractivity contribution in [3.63, 3.8) is 0 Å². The van der Waals surface area contributed by atoms with E-state index in [0.717, 1.165) is 43.1 Å². The first-order valence-electron chi connectivity index (χ1n) is 8.49. The van der Waals surface area contributed by atoms with Gasteiger partial charge in [0.25, 0.3) is 5.78 Å². The van der Waals surface area contributed by atoms with E-state index in [-0.39, 0.29) is 11.8 Å². The first kappa shape index (κ1) is 15.6. The number of fused-ring (bicyclic) bond motifs is 1. The van der Waals surface area contributed by atoms with E-state index in [1.54, 1.807) is 4.52 Å². The number of rotatable bonds is 3.